The molecule has 0 radical (unpaired) electrons. The van der Waals surface area contributed by atoms with Crippen molar-refractivity contribution in [3.8, 4) is 17.0 Å². The first-order valence-corrected chi connectivity index (χ1v) is 9.01. The number of H-pyrrole nitrogens is 1. The number of aromatic hydroxyl groups is 1. The second-order valence-electron chi connectivity index (χ2n) is 6.78. The summed E-state index contributed by atoms with van der Waals surface area (Å²) in [6.45, 7) is 1.59. The van der Waals surface area contributed by atoms with Crippen molar-refractivity contribution in [2.24, 2.45) is 0 Å². The summed E-state index contributed by atoms with van der Waals surface area (Å²) in [4.78, 5) is 26.5. The van der Waals surface area contributed by atoms with E-state index >= 15 is 0 Å². The van der Waals surface area contributed by atoms with Crippen LogP contribution in [-0.4, -0.2) is 39.3 Å². The van der Waals surface area contributed by atoms with Crippen LogP contribution in [0.1, 0.15) is 28.0 Å². The number of rotatable bonds is 4. The molecule has 0 bridgehead atoms. The number of fused-ring (bicyclic) bond motifs is 5. The quantitative estimate of drug-likeness (QED) is 0.535. The first-order valence-electron chi connectivity index (χ1n) is 9.01. The van der Waals surface area contributed by atoms with Gasteiger partial charge in [-0.25, -0.2) is 4.79 Å². The van der Waals surface area contributed by atoms with Gasteiger partial charge in [0.05, 0.1) is 5.69 Å². The van der Waals surface area contributed by atoms with Gasteiger partial charge in [-0.2, -0.15) is 0 Å². The van der Waals surface area contributed by atoms with Crippen LogP contribution in [0.15, 0.2) is 29.1 Å². The molecule has 8 heteroatoms. The van der Waals surface area contributed by atoms with E-state index in [1.54, 1.807) is 0 Å². The van der Waals surface area contributed by atoms with Crippen LogP contribution < -0.4 is 10.9 Å². The molecule has 7 nitrogen and oxygen atoms in total. The van der Waals surface area contributed by atoms with Crippen LogP contribution >= 0.6 is 12.4 Å². The van der Waals surface area contributed by atoms with Gasteiger partial charge >= 0.3 is 5.97 Å². The van der Waals surface area contributed by atoms with Crippen LogP contribution in [0.5, 0.6) is 5.75 Å². The summed E-state index contributed by atoms with van der Waals surface area (Å²) in [5, 5.41) is 24.0. The molecular weight excluding hydrogens is 382 g/mol. The molecule has 28 heavy (non-hydrogen) atoms. The molecule has 1 aliphatic carbocycles. The summed E-state index contributed by atoms with van der Waals surface area (Å²) in [6, 6.07) is 7.97. The highest BCUT2D eigenvalue weighted by molar-refractivity contribution is 6.00. The van der Waals surface area contributed by atoms with Gasteiger partial charge in [-0.05, 0) is 32.4 Å². The average Bonchev–Trinajstić information content (AvgIpc) is 2.81. The van der Waals surface area contributed by atoms with Gasteiger partial charge in [0.2, 0.25) is 0 Å². The lowest BCUT2D eigenvalue weighted by molar-refractivity contribution is 0.0691. The Morgan fingerprint density at radius 2 is 2.04 bits per heavy atom. The highest BCUT2D eigenvalue weighted by atomic mass is 35.5. The summed E-state index contributed by atoms with van der Waals surface area (Å²) in [6.07, 6.45) is 2.05. The molecule has 4 N–H and O–H groups in total. The number of aromatic carboxylic acids is 1. The maximum atomic E-state index is 12.4. The number of para-hydroxylation sites is 1. The number of aromatic nitrogens is 2. The highest BCUT2D eigenvalue weighted by Crippen LogP contribution is 2.41. The zero-order valence-corrected chi connectivity index (χ0v) is 16.2. The van der Waals surface area contributed by atoms with Crippen molar-refractivity contribution in [1.82, 2.24) is 14.9 Å². The number of hydrogen-bond donors (Lipinski definition) is 4. The number of nitrogens with one attached hydrogen (secondary N) is 2. The zero-order chi connectivity index (χ0) is 19.1. The third-order valence-electron chi connectivity index (χ3n) is 5.26. The van der Waals surface area contributed by atoms with Gasteiger partial charge in [-0.15, -0.1) is 12.4 Å². The van der Waals surface area contributed by atoms with E-state index < -0.39 is 22.8 Å². The third-order valence-corrected chi connectivity index (χ3v) is 5.26. The summed E-state index contributed by atoms with van der Waals surface area (Å²) in [7, 11) is 1.91. The average molecular weight is 404 g/mol. The van der Waals surface area contributed by atoms with Gasteiger partial charge in [0.1, 0.15) is 5.75 Å². The Morgan fingerprint density at radius 3 is 2.75 bits per heavy atom. The Kier molecular flexibility index (Phi) is 5.49. The first-order chi connectivity index (χ1) is 13.0. The molecule has 0 spiro atoms. The van der Waals surface area contributed by atoms with Gasteiger partial charge in [-0.3, -0.25) is 4.79 Å². The SMILES string of the molecule is CNCCn1c2c(c3ccccc31)-c1[nH]c(=O)c(C(=O)O)c(O)c1CCC2.Cl. The number of likely N-dealkylation sites (N-methyl/N-ethyl adjacent to an activating group) is 1. The number of pyridine rings is 1. The highest BCUT2D eigenvalue weighted by Gasteiger charge is 2.28. The monoisotopic (exact) mass is 403 g/mol. The Balaban J connectivity index is 0.00000225. The number of carbonyl (C=O) groups is 1. The first kappa shape index (κ1) is 20.0. The van der Waals surface area contributed by atoms with E-state index in [-0.39, 0.29) is 12.4 Å². The Labute approximate surface area is 167 Å². The van der Waals surface area contributed by atoms with E-state index in [9.17, 15) is 19.8 Å². The van der Waals surface area contributed by atoms with Crippen molar-refractivity contribution >= 4 is 29.3 Å². The molecule has 1 aliphatic rings. The second-order valence-corrected chi connectivity index (χ2v) is 6.78. The second kappa shape index (κ2) is 7.69. The maximum absolute atomic E-state index is 12.4. The fourth-order valence-corrected chi connectivity index (χ4v) is 4.09. The van der Waals surface area contributed by atoms with E-state index in [1.807, 2.05) is 31.3 Å². The topological polar surface area (TPSA) is 107 Å². The molecule has 4 rings (SSSR count). The van der Waals surface area contributed by atoms with Crippen LogP contribution in [-0.2, 0) is 19.4 Å². The van der Waals surface area contributed by atoms with Crippen LogP contribution in [0, 0.1) is 0 Å². The molecule has 0 aliphatic heterocycles. The molecule has 0 saturated heterocycles. The predicted octanol–water partition coefficient (Wildman–Crippen LogP) is 2.53. The summed E-state index contributed by atoms with van der Waals surface area (Å²) in [5.41, 5.74) is 2.72. The lowest BCUT2D eigenvalue weighted by Gasteiger charge is -2.11. The van der Waals surface area contributed by atoms with Gasteiger partial charge < -0.3 is 25.1 Å². The fourth-order valence-electron chi connectivity index (χ4n) is 4.09. The molecule has 0 amide bonds. The number of carboxylic acid groups (broad SMARTS) is 1. The number of nitrogens with zero attached hydrogens (tertiary/aromatic N) is 1. The van der Waals surface area contributed by atoms with Crippen molar-refractivity contribution < 1.29 is 15.0 Å². The van der Waals surface area contributed by atoms with Gasteiger partial charge in [0, 0.05) is 40.8 Å². The maximum Gasteiger partial charge on any atom is 0.345 e. The number of aromatic amines is 1. The molecular formula is C20H22ClN3O4. The molecule has 0 fully saturated rings. The number of benzene rings is 1. The summed E-state index contributed by atoms with van der Waals surface area (Å²) < 4.78 is 2.25. The van der Waals surface area contributed by atoms with Gasteiger partial charge in [-0.1, -0.05) is 18.2 Å². The fraction of sp³-hybridized carbons (Fsp3) is 0.300. The molecule has 0 saturated carbocycles. The van der Waals surface area contributed by atoms with Gasteiger partial charge in [0.25, 0.3) is 5.56 Å². The minimum Gasteiger partial charge on any atom is -0.506 e. The smallest absolute Gasteiger partial charge is 0.345 e. The van der Waals surface area contributed by atoms with E-state index in [4.69, 9.17) is 0 Å². The summed E-state index contributed by atoms with van der Waals surface area (Å²) >= 11 is 0. The standard InChI is InChI=1S/C20H21N3O4.ClH/c1-21-9-10-23-13-7-3-2-5-11(13)15-14(23)8-4-6-12-17(15)22-19(25)16(18(12)24)20(26)27;/h2-3,5,7,21H,4,6,8-10H2,1H3,(H,26,27)(H2,22,24,25);1H. The molecule has 2 heterocycles. The largest absolute Gasteiger partial charge is 0.506 e. The van der Waals surface area contributed by atoms with E-state index in [1.165, 1.54) is 0 Å². The van der Waals surface area contributed by atoms with Crippen LogP contribution in [0.3, 0.4) is 0 Å². The molecule has 0 atom stereocenters. The van der Waals surface area contributed by atoms with Crippen molar-refractivity contribution in [1.29, 1.82) is 0 Å². The molecule has 148 valence electrons. The summed E-state index contributed by atoms with van der Waals surface area (Å²) in [5.74, 6) is -1.83. The van der Waals surface area contributed by atoms with E-state index in [0.29, 0.717) is 17.7 Å². The van der Waals surface area contributed by atoms with Gasteiger partial charge in [0.15, 0.2) is 5.56 Å². The van der Waals surface area contributed by atoms with Crippen molar-refractivity contribution in [2.45, 2.75) is 25.8 Å². The predicted molar refractivity (Wildman–Crippen MR) is 110 cm³/mol. The van der Waals surface area contributed by atoms with Crippen LogP contribution in [0.4, 0.5) is 0 Å². The van der Waals surface area contributed by atoms with Crippen LogP contribution in [0.2, 0.25) is 0 Å². The van der Waals surface area contributed by atoms with Crippen molar-refractivity contribution in [3.63, 3.8) is 0 Å². The minimum absolute atomic E-state index is 0. The van der Waals surface area contributed by atoms with E-state index in [0.717, 1.165) is 48.1 Å². The molecule has 3 aromatic rings. The lowest BCUT2D eigenvalue weighted by atomic mass is 10.00. The number of carboxylic acids is 1. The number of halogens is 1. The minimum atomic E-state index is -1.42. The Morgan fingerprint density at radius 1 is 1.29 bits per heavy atom. The lowest BCUT2D eigenvalue weighted by Crippen LogP contribution is -2.20. The number of hydrogen-bond acceptors (Lipinski definition) is 4. The van der Waals surface area contributed by atoms with E-state index in [2.05, 4.69) is 14.9 Å². The third kappa shape index (κ3) is 2.96. The van der Waals surface area contributed by atoms with Crippen molar-refractivity contribution in [2.75, 3.05) is 13.6 Å². The van der Waals surface area contributed by atoms with Crippen LogP contribution in [0.25, 0.3) is 22.2 Å². The zero-order valence-electron chi connectivity index (χ0n) is 15.4. The molecule has 2 aromatic heterocycles. The molecule has 0 unspecified atom stereocenters. The Bertz CT molecular complexity index is 1120. The Hall–Kier alpha value is -2.77. The normalized spacial score (nSPS) is 12.8. The molecule has 1 aromatic carbocycles. The van der Waals surface area contributed by atoms with Crippen molar-refractivity contribution in [3.05, 3.63) is 51.4 Å².